The van der Waals surface area contributed by atoms with Crippen LogP contribution in [0.15, 0.2) is 23.3 Å². The number of hydrogen-bond acceptors (Lipinski definition) is 4. The first-order chi connectivity index (χ1) is 8.71. The maximum absolute atomic E-state index is 8.57. The highest BCUT2D eigenvalue weighted by atomic mass is 15.3. The predicted molar refractivity (Wildman–Crippen MR) is 72.1 cm³/mol. The molecule has 0 radical (unpaired) electrons. The minimum absolute atomic E-state index is 0.176. The number of benzene rings is 1. The molecule has 0 saturated carbocycles. The van der Waals surface area contributed by atoms with Crippen molar-refractivity contribution in [2.75, 3.05) is 5.43 Å². The van der Waals surface area contributed by atoms with Crippen LogP contribution in [0.1, 0.15) is 30.9 Å². The monoisotopic (exact) mass is 240 g/mol. The van der Waals surface area contributed by atoms with Crippen molar-refractivity contribution in [3.63, 3.8) is 0 Å². The summed E-state index contributed by atoms with van der Waals surface area (Å²) in [6, 6.07) is 9.48. The number of unbranched alkanes of at least 4 members (excludes halogenated alkanes) is 1. The van der Waals surface area contributed by atoms with Crippen molar-refractivity contribution >= 4 is 11.4 Å². The Morgan fingerprint density at radius 3 is 2.61 bits per heavy atom. The Balaban J connectivity index is 2.78. The maximum atomic E-state index is 8.57. The molecule has 0 aliphatic heterocycles. The van der Waals surface area contributed by atoms with Gasteiger partial charge < -0.3 is 0 Å². The number of aryl methyl sites for hydroxylation is 2. The van der Waals surface area contributed by atoms with Gasteiger partial charge in [0, 0.05) is 0 Å². The molecule has 1 N–H and O–H groups in total. The van der Waals surface area contributed by atoms with Gasteiger partial charge >= 0.3 is 0 Å². The molecule has 0 saturated heterocycles. The van der Waals surface area contributed by atoms with Gasteiger partial charge in [0.05, 0.1) is 5.69 Å². The van der Waals surface area contributed by atoms with Gasteiger partial charge in [0.2, 0.25) is 5.71 Å². The Morgan fingerprint density at radius 1 is 1.33 bits per heavy atom. The molecule has 0 amide bonds. The normalized spacial score (nSPS) is 9.11. The van der Waals surface area contributed by atoms with Crippen molar-refractivity contribution in [1.29, 1.82) is 10.5 Å². The first-order valence-corrected chi connectivity index (χ1v) is 5.94. The zero-order valence-electron chi connectivity index (χ0n) is 10.7. The van der Waals surface area contributed by atoms with E-state index in [0.717, 1.165) is 17.7 Å². The molecule has 4 nitrogen and oxygen atoms in total. The SMILES string of the molecule is CCCCc1ccc(NN=C(C#N)C#N)c(C)c1. The smallest absolute Gasteiger partial charge is 0.237 e. The molecule has 0 aromatic heterocycles. The Kier molecular flexibility index (Phi) is 5.41. The summed E-state index contributed by atoms with van der Waals surface area (Å²) in [6.07, 6.45) is 3.43. The van der Waals surface area contributed by atoms with E-state index in [1.807, 2.05) is 19.1 Å². The number of anilines is 1. The Hall–Kier alpha value is -2.33. The van der Waals surface area contributed by atoms with E-state index in [4.69, 9.17) is 10.5 Å². The molecular formula is C14H16N4. The molecule has 0 unspecified atom stereocenters. The Bertz CT molecular complexity index is 502. The summed E-state index contributed by atoms with van der Waals surface area (Å²) in [6.45, 7) is 4.15. The van der Waals surface area contributed by atoms with Crippen LogP contribution in [-0.2, 0) is 6.42 Å². The fraction of sp³-hybridized carbons (Fsp3) is 0.357. The summed E-state index contributed by atoms with van der Waals surface area (Å²) in [5.74, 6) is 0. The van der Waals surface area contributed by atoms with Gasteiger partial charge in [-0.15, -0.1) is 0 Å². The molecule has 0 atom stereocenters. The van der Waals surface area contributed by atoms with E-state index in [9.17, 15) is 0 Å². The fourth-order valence-electron chi connectivity index (χ4n) is 1.58. The topological polar surface area (TPSA) is 72.0 Å². The van der Waals surface area contributed by atoms with Crippen LogP contribution in [0.3, 0.4) is 0 Å². The van der Waals surface area contributed by atoms with Crippen molar-refractivity contribution < 1.29 is 0 Å². The summed E-state index contributed by atoms with van der Waals surface area (Å²) in [5.41, 5.74) is 5.74. The largest absolute Gasteiger partial charge is 0.276 e. The zero-order valence-corrected chi connectivity index (χ0v) is 10.7. The molecule has 1 aromatic carbocycles. The standard InChI is InChI=1S/C14H16N4/c1-3-4-5-12-6-7-14(11(2)8-12)18-17-13(9-15)10-16/h6-8,18H,3-5H2,1-2H3. The van der Waals surface area contributed by atoms with Crippen LogP contribution in [0, 0.1) is 29.6 Å². The summed E-state index contributed by atoms with van der Waals surface area (Å²) in [4.78, 5) is 0. The summed E-state index contributed by atoms with van der Waals surface area (Å²) in [5, 5.41) is 20.9. The highest BCUT2D eigenvalue weighted by Crippen LogP contribution is 2.17. The van der Waals surface area contributed by atoms with E-state index in [-0.39, 0.29) is 5.71 Å². The van der Waals surface area contributed by atoms with E-state index in [2.05, 4.69) is 23.5 Å². The van der Waals surface area contributed by atoms with Crippen LogP contribution in [0.4, 0.5) is 5.69 Å². The van der Waals surface area contributed by atoms with Crippen LogP contribution in [0.5, 0.6) is 0 Å². The van der Waals surface area contributed by atoms with Gasteiger partial charge in [-0.3, -0.25) is 5.43 Å². The Morgan fingerprint density at radius 2 is 2.06 bits per heavy atom. The first-order valence-electron chi connectivity index (χ1n) is 5.94. The van der Waals surface area contributed by atoms with Crippen LogP contribution in [0.25, 0.3) is 0 Å². The second-order valence-corrected chi connectivity index (χ2v) is 4.05. The molecule has 1 aromatic rings. The van der Waals surface area contributed by atoms with Crippen LogP contribution >= 0.6 is 0 Å². The summed E-state index contributed by atoms with van der Waals surface area (Å²) >= 11 is 0. The molecule has 1 rings (SSSR count). The minimum atomic E-state index is -0.176. The molecule has 0 spiro atoms. The van der Waals surface area contributed by atoms with Crippen LogP contribution < -0.4 is 5.43 Å². The maximum Gasteiger partial charge on any atom is 0.237 e. The average molecular weight is 240 g/mol. The van der Waals surface area contributed by atoms with E-state index in [1.54, 1.807) is 12.1 Å². The number of nitrogens with one attached hydrogen (secondary N) is 1. The van der Waals surface area contributed by atoms with Crippen molar-refractivity contribution in [3.05, 3.63) is 29.3 Å². The number of nitrogens with zero attached hydrogens (tertiary/aromatic N) is 3. The molecule has 0 bridgehead atoms. The molecule has 18 heavy (non-hydrogen) atoms. The quantitative estimate of drug-likeness (QED) is 0.634. The Labute approximate surface area is 108 Å². The van der Waals surface area contributed by atoms with Gasteiger partial charge in [0.25, 0.3) is 0 Å². The van der Waals surface area contributed by atoms with Crippen LogP contribution in [-0.4, -0.2) is 5.71 Å². The minimum Gasteiger partial charge on any atom is -0.276 e. The number of hydrogen-bond donors (Lipinski definition) is 1. The van der Waals surface area contributed by atoms with E-state index >= 15 is 0 Å². The zero-order chi connectivity index (χ0) is 13.4. The molecule has 0 aliphatic rings. The summed E-state index contributed by atoms with van der Waals surface area (Å²) in [7, 11) is 0. The average Bonchev–Trinajstić information content (AvgIpc) is 2.39. The number of rotatable bonds is 5. The third kappa shape index (κ3) is 3.92. The van der Waals surface area contributed by atoms with Crippen LogP contribution in [0.2, 0.25) is 0 Å². The summed E-state index contributed by atoms with van der Waals surface area (Å²) < 4.78 is 0. The van der Waals surface area contributed by atoms with Crippen molar-refractivity contribution in [2.24, 2.45) is 5.10 Å². The molecule has 0 heterocycles. The predicted octanol–water partition coefficient (Wildman–Crippen LogP) is 3.15. The highest BCUT2D eigenvalue weighted by Gasteiger charge is 2.00. The fourth-order valence-corrected chi connectivity index (χ4v) is 1.58. The van der Waals surface area contributed by atoms with Gasteiger partial charge in [-0.05, 0) is 37.0 Å². The lowest BCUT2D eigenvalue weighted by Gasteiger charge is -2.07. The third-order valence-corrected chi connectivity index (χ3v) is 2.61. The molecule has 0 fully saturated rings. The molecule has 4 heteroatoms. The van der Waals surface area contributed by atoms with Crippen molar-refractivity contribution in [1.82, 2.24) is 0 Å². The van der Waals surface area contributed by atoms with E-state index in [0.29, 0.717) is 0 Å². The second-order valence-electron chi connectivity index (χ2n) is 4.05. The number of hydrazone groups is 1. The second kappa shape index (κ2) is 7.09. The van der Waals surface area contributed by atoms with Gasteiger partial charge in [0.1, 0.15) is 12.1 Å². The molecule has 92 valence electrons. The van der Waals surface area contributed by atoms with Crippen molar-refractivity contribution in [3.8, 4) is 12.1 Å². The molecule has 0 aliphatic carbocycles. The highest BCUT2D eigenvalue weighted by molar-refractivity contribution is 6.10. The van der Waals surface area contributed by atoms with E-state index < -0.39 is 0 Å². The van der Waals surface area contributed by atoms with E-state index in [1.165, 1.54) is 18.4 Å². The third-order valence-electron chi connectivity index (χ3n) is 2.61. The lowest BCUT2D eigenvalue weighted by molar-refractivity contribution is 0.794. The lowest BCUT2D eigenvalue weighted by atomic mass is 10.0. The molecular weight excluding hydrogens is 224 g/mol. The van der Waals surface area contributed by atoms with Gasteiger partial charge in [0.15, 0.2) is 0 Å². The first kappa shape index (κ1) is 13.7. The van der Waals surface area contributed by atoms with Gasteiger partial charge in [-0.1, -0.05) is 25.5 Å². The van der Waals surface area contributed by atoms with Gasteiger partial charge in [-0.2, -0.15) is 15.6 Å². The van der Waals surface area contributed by atoms with Crippen molar-refractivity contribution in [2.45, 2.75) is 33.1 Å². The van der Waals surface area contributed by atoms with Gasteiger partial charge in [-0.25, -0.2) is 0 Å². The lowest BCUT2D eigenvalue weighted by Crippen LogP contribution is -1.98. The number of nitriles is 2.